The van der Waals surface area contributed by atoms with Gasteiger partial charge in [-0.25, -0.2) is 4.39 Å². The number of ether oxygens (including phenoxy) is 2. The Hall–Kier alpha value is -3.35. The van der Waals surface area contributed by atoms with Crippen molar-refractivity contribution in [2.75, 3.05) is 13.2 Å². The number of amides is 1. The molecule has 0 bridgehead atoms. The smallest absolute Gasteiger partial charge is 0.267 e. The first-order valence-corrected chi connectivity index (χ1v) is 9.09. The Bertz CT molecular complexity index is 1030. The standard InChI is InChI=1S/C21H17FN2O4/c22-14-7-5-13(6-8-14)20-15-11-24(10-9-16(15)23-28-20)21(25)19-12-26-17-3-1-2-4-18(17)27-19/h1-8,19H,9-12H2. The summed E-state index contributed by atoms with van der Waals surface area (Å²) in [6, 6.07) is 13.3. The lowest BCUT2D eigenvalue weighted by molar-refractivity contribution is -0.142. The summed E-state index contributed by atoms with van der Waals surface area (Å²) in [6.07, 6.45) is -0.0961. The van der Waals surface area contributed by atoms with Crippen LogP contribution in [0.15, 0.2) is 53.1 Å². The molecule has 1 aromatic heterocycles. The highest BCUT2D eigenvalue weighted by molar-refractivity contribution is 5.82. The fourth-order valence-corrected chi connectivity index (χ4v) is 3.57. The maximum Gasteiger partial charge on any atom is 0.267 e. The molecular formula is C21H17FN2O4. The number of para-hydroxylation sites is 2. The Morgan fingerprint density at radius 2 is 1.89 bits per heavy atom. The van der Waals surface area contributed by atoms with E-state index in [-0.39, 0.29) is 18.3 Å². The van der Waals surface area contributed by atoms with Gasteiger partial charge in [-0.2, -0.15) is 0 Å². The molecule has 5 rings (SSSR count). The SMILES string of the molecule is O=C(C1COc2ccccc2O1)N1CCc2noc(-c3ccc(F)cc3)c2C1. The van der Waals surface area contributed by atoms with Crippen LogP contribution in [0.1, 0.15) is 11.3 Å². The molecule has 28 heavy (non-hydrogen) atoms. The first-order chi connectivity index (χ1) is 13.7. The summed E-state index contributed by atoms with van der Waals surface area (Å²) in [4.78, 5) is 14.7. The van der Waals surface area contributed by atoms with E-state index in [0.29, 0.717) is 36.8 Å². The lowest BCUT2D eigenvalue weighted by Crippen LogP contribution is -2.47. The molecule has 0 aliphatic carbocycles. The Balaban J connectivity index is 1.36. The minimum absolute atomic E-state index is 0.133. The van der Waals surface area contributed by atoms with Gasteiger partial charge < -0.3 is 18.9 Å². The quantitative estimate of drug-likeness (QED) is 0.683. The summed E-state index contributed by atoms with van der Waals surface area (Å²) in [5.41, 5.74) is 2.41. The summed E-state index contributed by atoms with van der Waals surface area (Å²) in [5, 5.41) is 4.13. The molecule has 1 amide bonds. The minimum Gasteiger partial charge on any atom is -0.485 e. The number of carbonyl (C=O) groups is 1. The average Bonchev–Trinajstić information content (AvgIpc) is 3.16. The summed E-state index contributed by atoms with van der Waals surface area (Å²) in [7, 11) is 0. The van der Waals surface area contributed by atoms with Crippen molar-refractivity contribution in [2.45, 2.75) is 19.1 Å². The fourth-order valence-electron chi connectivity index (χ4n) is 3.57. The monoisotopic (exact) mass is 380 g/mol. The van der Waals surface area contributed by atoms with Gasteiger partial charge in [0.05, 0.1) is 12.2 Å². The van der Waals surface area contributed by atoms with Crippen molar-refractivity contribution < 1.29 is 23.2 Å². The van der Waals surface area contributed by atoms with Crippen LogP contribution in [0.5, 0.6) is 11.5 Å². The third-order valence-corrected chi connectivity index (χ3v) is 5.04. The van der Waals surface area contributed by atoms with Crippen LogP contribution in [0.25, 0.3) is 11.3 Å². The molecule has 6 nitrogen and oxygen atoms in total. The van der Waals surface area contributed by atoms with E-state index >= 15 is 0 Å². The van der Waals surface area contributed by atoms with Crippen LogP contribution in [-0.4, -0.2) is 35.2 Å². The third kappa shape index (κ3) is 2.89. The molecule has 0 fully saturated rings. The molecule has 7 heteroatoms. The lowest BCUT2D eigenvalue weighted by atomic mass is 10.0. The number of hydrogen-bond donors (Lipinski definition) is 0. The molecule has 0 saturated carbocycles. The highest BCUT2D eigenvalue weighted by atomic mass is 19.1. The van der Waals surface area contributed by atoms with E-state index in [1.807, 2.05) is 18.2 Å². The van der Waals surface area contributed by atoms with Crippen molar-refractivity contribution in [1.29, 1.82) is 0 Å². The van der Waals surface area contributed by atoms with Crippen molar-refractivity contribution in [2.24, 2.45) is 0 Å². The van der Waals surface area contributed by atoms with Gasteiger partial charge >= 0.3 is 0 Å². The summed E-state index contributed by atoms with van der Waals surface area (Å²) < 4.78 is 30.2. The average molecular weight is 380 g/mol. The molecule has 0 N–H and O–H groups in total. The second-order valence-corrected chi connectivity index (χ2v) is 6.82. The van der Waals surface area contributed by atoms with Crippen molar-refractivity contribution in [3.8, 4) is 22.8 Å². The molecule has 0 spiro atoms. The topological polar surface area (TPSA) is 64.8 Å². The molecule has 2 aromatic carbocycles. The van der Waals surface area contributed by atoms with Gasteiger partial charge in [-0.3, -0.25) is 4.79 Å². The number of rotatable bonds is 2. The van der Waals surface area contributed by atoms with Gasteiger partial charge in [0.15, 0.2) is 17.3 Å². The number of halogens is 1. The summed E-state index contributed by atoms with van der Waals surface area (Å²) >= 11 is 0. The number of carbonyl (C=O) groups excluding carboxylic acids is 1. The van der Waals surface area contributed by atoms with E-state index in [0.717, 1.165) is 16.8 Å². The van der Waals surface area contributed by atoms with E-state index in [9.17, 15) is 9.18 Å². The van der Waals surface area contributed by atoms with Crippen molar-refractivity contribution in [3.63, 3.8) is 0 Å². The van der Waals surface area contributed by atoms with Crippen LogP contribution in [0.4, 0.5) is 4.39 Å². The van der Waals surface area contributed by atoms with Crippen LogP contribution >= 0.6 is 0 Å². The number of hydrogen-bond acceptors (Lipinski definition) is 5. The second-order valence-electron chi connectivity index (χ2n) is 6.82. The third-order valence-electron chi connectivity index (χ3n) is 5.04. The van der Waals surface area contributed by atoms with Gasteiger partial charge in [0, 0.05) is 24.1 Å². The van der Waals surface area contributed by atoms with E-state index in [1.165, 1.54) is 12.1 Å². The zero-order valence-corrected chi connectivity index (χ0v) is 14.9. The van der Waals surface area contributed by atoms with Crippen LogP contribution in [0, 0.1) is 5.82 Å². The van der Waals surface area contributed by atoms with Crippen LogP contribution in [-0.2, 0) is 17.8 Å². The summed E-state index contributed by atoms with van der Waals surface area (Å²) in [6.45, 7) is 1.07. The number of aromatic nitrogens is 1. The molecular weight excluding hydrogens is 363 g/mol. The molecule has 142 valence electrons. The highest BCUT2D eigenvalue weighted by Gasteiger charge is 2.34. The van der Waals surface area contributed by atoms with Crippen LogP contribution < -0.4 is 9.47 Å². The summed E-state index contributed by atoms with van der Waals surface area (Å²) in [5.74, 6) is 1.33. The Labute approximate surface area is 160 Å². The minimum atomic E-state index is -0.689. The van der Waals surface area contributed by atoms with E-state index < -0.39 is 6.10 Å². The van der Waals surface area contributed by atoms with Gasteiger partial charge in [-0.1, -0.05) is 17.3 Å². The first-order valence-electron chi connectivity index (χ1n) is 9.09. The predicted molar refractivity (Wildman–Crippen MR) is 97.4 cm³/mol. The van der Waals surface area contributed by atoms with Crippen molar-refractivity contribution in [1.82, 2.24) is 10.1 Å². The molecule has 1 unspecified atom stereocenters. The van der Waals surface area contributed by atoms with Gasteiger partial charge in [-0.15, -0.1) is 0 Å². The lowest BCUT2D eigenvalue weighted by Gasteiger charge is -2.32. The largest absolute Gasteiger partial charge is 0.485 e. The van der Waals surface area contributed by atoms with Gasteiger partial charge in [0.25, 0.3) is 5.91 Å². The maximum absolute atomic E-state index is 13.2. The van der Waals surface area contributed by atoms with Gasteiger partial charge in [-0.05, 0) is 36.4 Å². The zero-order chi connectivity index (χ0) is 19.1. The van der Waals surface area contributed by atoms with Crippen molar-refractivity contribution >= 4 is 5.91 Å². The molecule has 3 heterocycles. The maximum atomic E-state index is 13.2. The Kier molecular flexibility index (Phi) is 4.00. The van der Waals surface area contributed by atoms with Gasteiger partial charge in [0.2, 0.25) is 6.10 Å². The zero-order valence-electron chi connectivity index (χ0n) is 14.9. The Morgan fingerprint density at radius 3 is 2.71 bits per heavy atom. The number of benzene rings is 2. The molecule has 0 radical (unpaired) electrons. The number of nitrogens with zero attached hydrogens (tertiary/aromatic N) is 2. The van der Waals surface area contributed by atoms with E-state index in [1.54, 1.807) is 23.1 Å². The van der Waals surface area contributed by atoms with Crippen LogP contribution in [0.3, 0.4) is 0 Å². The normalized spacial score (nSPS) is 17.9. The highest BCUT2D eigenvalue weighted by Crippen LogP contribution is 2.33. The van der Waals surface area contributed by atoms with Gasteiger partial charge in [0.1, 0.15) is 12.4 Å². The predicted octanol–water partition coefficient (Wildman–Crippen LogP) is 3.21. The fraction of sp³-hybridized carbons (Fsp3) is 0.238. The second kappa shape index (κ2) is 6.67. The molecule has 0 saturated heterocycles. The van der Waals surface area contributed by atoms with Crippen LogP contribution in [0.2, 0.25) is 0 Å². The molecule has 1 atom stereocenters. The first kappa shape index (κ1) is 16.8. The van der Waals surface area contributed by atoms with Crippen molar-refractivity contribution in [3.05, 3.63) is 65.6 Å². The molecule has 2 aliphatic rings. The van der Waals surface area contributed by atoms with E-state index in [4.69, 9.17) is 14.0 Å². The van der Waals surface area contributed by atoms with E-state index in [2.05, 4.69) is 5.16 Å². The Morgan fingerprint density at radius 1 is 1.11 bits per heavy atom. The molecule has 3 aromatic rings. The number of fused-ring (bicyclic) bond motifs is 2. The molecule has 2 aliphatic heterocycles.